The van der Waals surface area contributed by atoms with E-state index in [-0.39, 0.29) is 5.91 Å². The summed E-state index contributed by atoms with van der Waals surface area (Å²) < 4.78 is 38.6. The first kappa shape index (κ1) is 18.5. The van der Waals surface area contributed by atoms with Gasteiger partial charge in [0.1, 0.15) is 0 Å². The Bertz CT molecular complexity index is 771. The molecule has 3 nitrogen and oxygen atoms in total. The Morgan fingerprint density at radius 2 is 1.88 bits per heavy atom. The van der Waals surface area contributed by atoms with Gasteiger partial charge in [0, 0.05) is 31.2 Å². The molecule has 1 unspecified atom stereocenters. The number of piperazine rings is 1. The molecule has 1 aliphatic heterocycles. The number of nitrogens with one attached hydrogen (secondary N) is 1. The smallest absolute Gasteiger partial charge is 0.336 e. The Balaban J connectivity index is 1.77. The molecule has 0 aliphatic carbocycles. The van der Waals surface area contributed by atoms with E-state index in [1.54, 1.807) is 30.3 Å². The minimum Gasteiger partial charge on any atom is -0.336 e. The largest absolute Gasteiger partial charge is 0.416 e. The number of rotatable bonds is 3. The van der Waals surface area contributed by atoms with Gasteiger partial charge in [0.15, 0.2) is 0 Å². The molecule has 26 heavy (non-hydrogen) atoms. The molecule has 0 aromatic heterocycles. The first-order valence-corrected chi connectivity index (χ1v) is 8.69. The van der Waals surface area contributed by atoms with E-state index in [9.17, 15) is 18.0 Å². The van der Waals surface area contributed by atoms with E-state index in [0.717, 1.165) is 25.1 Å². The van der Waals surface area contributed by atoms with Crippen molar-refractivity contribution in [2.75, 3.05) is 19.6 Å². The summed E-state index contributed by atoms with van der Waals surface area (Å²) in [5.41, 5.74) is 1.01. The fourth-order valence-electron chi connectivity index (χ4n) is 3.15. The predicted octanol–water partition coefficient (Wildman–Crippen LogP) is 4.20. The number of nitrogens with zero attached hydrogens (tertiary/aromatic N) is 1. The van der Waals surface area contributed by atoms with Gasteiger partial charge in [-0.05, 0) is 41.8 Å². The zero-order valence-electron chi connectivity index (χ0n) is 14.5. The molecule has 1 heterocycles. The number of hydrogen-bond acceptors (Lipinski definition) is 2. The molecule has 1 fully saturated rings. The first-order chi connectivity index (χ1) is 12.4. The Hall–Kier alpha value is -2.34. The van der Waals surface area contributed by atoms with Gasteiger partial charge < -0.3 is 10.2 Å². The van der Waals surface area contributed by atoms with Crippen LogP contribution in [0.5, 0.6) is 0 Å². The van der Waals surface area contributed by atoms with Crippen LogP contribution in [0.1, 0.15) is 29.3 Å². The number of halogens is 3. The molecule has 6 heteroatoms. The van der Waals surface area contributed by atoms with E-state index in [2.05, 4.69) is 12.2 Å². The summed E-state index contributed by atoms with van der Waals surface area (Å²) in [4.78, 5) is 14.5. The van der Waals surface area contributed by atoms with E-state index < -0.39 is 11.7 Å². The van der Waals surface area contributed by atoms with Gasteiger partial charge in [-0.25, -0.2) is 0 Å². The molecule has 1 saturated heterocycles. The molecule has 2 aromatic carbocycles. The van der Waals surface area contributed by atoms with Gasteiger partial charge in [-0.1, -0.05) is 31.2 Å². The lowest BCUT2D eigenvalue weighted by molar-refractivity contribution is -0.137. The van der Waals surface area contributed by atoms with Crippen LogP contribution in [0.15, 0.2) is 48.5 Å². The standard InChI is InChI=1S/C20H21F3N2O/c1-2-18-13-25(11-10-24-18)19(26)15-8-6-14(7-9-15)16-4-3-5-17(12-16)20(21,22)23/h3-9,12,18,24H,2,10-11,13H2,1H3. The van der Waals surface area contributed by atoms with Crippen LogP contribution in [-0.2, 0) is 6.18 Å². The van der Waals surface area contributed by atoms with Crippen LogP contribution in [0.2, 0.25) is 0 Å². The van der Waals surface area contributed by atoms with E-state index >= 15 is 0 Å². The maximum absolute atomic E-state index is 12.9. The second kappa shape index (κ2) is 7.50. The van der Waals surface area contributed by atoms with E-state index in [4.69, 9.17) is 0 Å². The molecule has 0 saturated carbocycles. The average molecular weight is 362 g/mol. The highest BCUT2D eigenvalue weighted by Gasteiger charge is 2.30. The Morgan fingerprint density at radius 3 is 2.54 bits per heavy atom. The molecule has 1 aliphatic rings. The fourth-order valence-corrected chi connectivity index (χ4v) is 3.15. The van der Waals surface area contributed by atoms with Crippen molar-refractivity contribution in [3.05, 3.63) is 59.7 Å². The van der Waals surface area contributed by atoms with Crippen molar-refractivity contribution < 1.29 is 18.0 Å². The van der Waals surface area contributed by atoms with Crippen molar-refractivity contribution in [2.24, 2.45) is 0 Å². The average Bonchev–Trinajstić information content (AvgIpc) is 2.67. The third-order valence-corrected chi connectivity index (χ3v) is 4.69. The van der Waals surface area contributed by atoms with Gasteiger partial charge in [-0.15, -0.1) is 0 Å². The third kappa shape index (κ3) is 4.07. The van der Waals surface area contributed by atoms with Gasteiger partial charge in [-0.3, -0.25) is 4.79 Å². The number of benzene rings is 2. The SMILES string of the molecule is CCC1CN(C(=O)c2ccc(-c3cccc(C(F)(F)F)c3)cc2)CCN1. The Kier molecular flexibility index (Phi) is 5.32. The molecule has 138 valence electrons. The van der Waals surface area contributed by atoms with Crippen molar-refractivity contribution in [2.45, 2.75) is 25.6 Å². The van der Waals surface area contributed by atoms with Gasteiger partial charge in [-0.2, -0.15) is 13.2 Å². The lowest BCUT2D eigenvalue weighted by atomic mass is 10.0. The topological polar surface area (TPSA) is 32.3 Å². The number of amides is 1. The second-order valence-corrected chi connectivity index (χ2v) is 6.47. The highest BCUT2D eigenvalue weighted by Crippen LogP contribution is 2.32. The molecule has 2 aromatic rings. The van der Waals surface area contributed by atoms with Crippen LogP contribution in [0, 0.1) is 0 Å². The minimum atomic E-state index is -4.37. The van der Waals surface area contributed by atoms with Crippen LogP contribution >= 0.6 is 0 Å². The van der Waals surface area contributed by atoms with Gasteiger partial charge >= 0.3 is 6.18 Å². The number of carbonyl (C=O) groups excluding carboxylic acids is 1. The Labute approximate surface area is 150 Å². The summed E-state index contributed by atoms with van der Waals surface area (Å²) in [6, 6.07) is 12.3. The quantitative estimate of drug-likeness (QED) is 0.888. The highest BCUT2D eigenvalue weighted by atomic mass is 19.4. The summed E-state index contributed by atoms with van der Waals surface area (Å²) >= 11 is 0. The van der Waals surface area contributed by atoms with Crippen LogP contribution < -0.4 is 5.32 Å². The maximum atomic E-state index is 12.9. The van der Waals surface area contributed by atoms with Gasteiger partial charge in [0.25, 0.3) is 5.91 Å². The fraction of sp³-hybridized carbons (Fsp3) is 0.350. The molecule has 1 N–H and O–H groups in total. The van der Waals surface area contributed by atoms with Crippen LogP contribution in [0.4, 0.5) is 13.2 Å². The highest BCUT2D eigenvalue weighted by molar-refractivity contribution is 5.94. The summed E-state index contributed by atoms with van der Waals surface area (Å²) in [7, 11) is 0. The molecular formula is C20H21F3N2O. The molecule has 1 amide bonds. The molecule has 0 spiro atoms. The Morgan fingerprint density at radius 1 is 1.15 bits per heavy atom. The molecule has 1 atom stereocenters. The van der Waals surface area contributed by atoms with Crippen molar-refractivity contribution in [1.29, 1.82) is 0 Å². The van der Waals surface area contributed by atoms with Gasteiger partial charge in [0.2, 0.25) is 0 Å². The second-order valence-electron chi connectivity index (χ2n) is 6.47. The third-order valence-electron chi connectivity index (χ3n) is 4.69. The zero-order valence-corrected chi connectivity index (χ0v) is 14.5. The lowest BCUT2D eigenvalue weighted by Crippen LogP contribution is -2.52. The van der Waals surface area contributed by atoms with E-state index in [1.165, 1.54) is 6.07 Å². The van der Waals surface area contributed by atoms with Gasteiger partial charge in [0.05, 0.1) is 5.56 Å². The summed E-state index contributed by atoms with van der Waals surface area (Å²) in [5, 5.41) is 3.37. The zero-order chi connectivity index (χ0) is 18.7. The van der Waals surface area contributed by atoms with Crippen molar-refractivity contribution >= 4 is 5.91 Å². The lowest BCUT2D eigenvalue weighted by Gasteiger charge is -2.33. The first-order valence-electron chi connectivity index (χ1n) is 8.69. The maximum Gasteiger partial charge on any atom is 0.416 e. The monoisotopic (exact) mass is 362 g/mol. The van der Waals surface area contributed by atoms with Crippen molar-refractivity contribution in [3.63, 3.8) is 0 Å². The van der Waals surface area contributed by atoms with Crippen LogP contribution in [0.3, 0.4) is 0 Å². The molecule has 3 rings (SSSR count). The predicted molar refractivity (Wildman–Crippen MR) is 94.9 cm³/mol. The summed E-state index contributed by atoms with van der Waals surface area (Å²) in [6.45, 7) is 4.18. The molecular weight excluding hydrogens is 341 g/mol. The number of alkyl halides is 3. The summed E-state index contributed by atoms with van der Waals surface area (Å²) in [5.74, 6) is -0.0412. The molecule has 0 radical (unpaired) electrons. The van der Waals surface area contributed by atoms with Crippen molar-refractivity contribution in [3.8, 4) is 11.1 Å². The normalized spacial score (nSPS) is 18.0. The van der Waals surface area contributed by atoms with Crippen LogP contribution in [-0.4, -0.2) is 36.5 Å². The minimum absolute atomic E-state index is 0.0412. The summed E-state index contributed by atoms with van der Waals surface area (Å²) in [6.07, 6.45) is -3.41. The number of hydrogen-bond donors (Lipinski definition) is 1. The van der Waals surface area contributed by atoms with Crippen LogP contribution in [0.25, 0.3) is 11.1 Å². The number of carbonyl (C=O) groups is 1. The molecule has 0 bridgehead atoms. The van der Waals surface area contributed by atoms with Crippen molar-refractivity contribution in [1.82, 2.24) is 10.2 Å². The van der Waals surface area contributed by atoms with E-state index in [1.807, 2.05) is 4.90 Å². The van der Waals surface area contributed by atoms with E-state index in [0.29, 0.717) is 35.8 Å².